The SMILES string of the molecule is COc1cc(NCCCOCCO)ccc1[N+](=O)[O-]. The van der Waals surface area contributed by atoms with Crippen molar-refractivity contribution in [3.05, 3.63) is 28.3 Å². The summed E-state index contributed by atoms with van der Waals surface area (Å²) in [6.07, 6.45) is 0.777. The monoisotopic (exact) mass is 270 g/mol. The van der Waals surface area contributed by atoms with Gasteiger partial charge in [0.2, 0.25) is 0 Å². The van der Waals surface area contributed by atoms with Gasteiger partial charge in [-0.2, -0.15) is 0 Å². The van der Waals surface area contributed by atoms with Crippen LogP contribution in [0.4, 0.5) is 11.4 Å². The van der Waals surface area contributed by atoms with Gasteiger partial charge in [0.25, 0.3) is 0 Å². The quantitative estimate of drug-likeness (QED) is 0.400. The number of aliphatic hydroxyl groups is 1. The lowest BCUT2D eigenvalue weighted by molar-refractivity contribution is -0.385. The highest BCUT2D eigenvalue weighted by Gasteiger charge is 2.14. The second kappa shape index (κ2) is 8.28. The van der Waals surface area contributed by atoms with E-state index in [1.807, 2.05) is 0 Å². The molecular formula is C12H18N2O5. The molecule has 0 aromatic heterocycles. The van der Waals surface area contributed by atoms with Gasteiger partial charge in [0.05, 0.1) is 25.2 Å². The van der Waals surface area contributed by atoms with Crippen molar-refractivity contribution in [2.75, 3.05) is 38.8 Å². The van der Waals surface area contributed by atoms with Gasteiger partial charge in [0.1, 0.15) is 0 Å². The molecule has 0 radical (unpaired) electrons. The van der Waals surface area contributed by atoms with Crippen molar-refractivity contribution in [3.8, 4) is 5.75 Å². The molecule has 1 aromatic carbocycles. The Kier molecular flexibility index (Phi) is 6.62. The highest BCUT2D eigenvalue weighted by Crippen LogP contribution is 2.29. The maximum atomic E-state index is 10.7. The lowest BCUT2D eigenvalue weighted by atomic mass is 10.2. The minimum Gasteiger partial charge on any atom is -0.490 e. The predicted molar refractivity (Wildman–Crippen MR) is 70.7 cm³/mol. The third-order valence-corrected chi connectivity index (χ3v) is 2.41. The van der Waals surface area contributed by atoms with E-state index >= 15 is 0 Å². The topological polar surface area (TPSA) is 93.9 Å². The van der Waals surface area contributed by atoms with E-state index in [1.54, 1.807) is 12.1 Å². The van der Waals surface area contributed by atoms with Gasteiger partial charge in [-0.05, 0) is 12.5 Å². The second-order valence-corrected chi connectivity index (χ2v) is 3.76. The molecule has 19 heavy (non-hydrogen) atoms. The van der Waals surface area contributed by atoms with Gasteiger partial charge in [-0.1, -0.05) is 0 Å². The molecule has 0 aliphatic heterocycles. The van der Waals surface area contributed by atoms with Gasteiger partial charge in [0.15, 0.2) is 5.75 Å². The molecule has 0 saturated heterocycles. The average molecular weight is 270 g/mol. The van der Waals surface area contributed by atoms with Crippen LogP contribution in [0.5, 0.6) is 5.75 Å². The standard InChI is InChI=1S/C12H18N2O5/c1-18-12-9-10(3-4-11(12)14(16)17)13-5-2-7-19-8-6-15/h3-4,9,13,15H,2,5-8H2,1H3. The van der Waals surface area contributed by atoms with Crippen LogP contribution in [-0.4, -0.2) is 43.5 Å². The number of nitrogens with one attached hydrogen (secondary N) is 1. The van der Waals surface area contributed by atoms with E-state index in [4.69, 9.17) is 14.6 Å². The van der Waals surface area contributed by atoms with Gasteiger partial charge in [-0.15, -0.1) is 0 Å². The average Bonchev–Trinajstić information content (AvgIpc) is 2.42. The lowest BCUT2D eigenvalue weighted by Crippen LogP contribution is -2.07. The molecule has 0 aliphatic carbocycles. The Morgan fingerprint density at radius 3 is 2.84 bits per heavy atom. The Morgan fingerprint density at radius 2 is 2.21 bits per heavy atom. The van der Waals surface area contributed by atoms with Gasteiger partial charge < -0.3 is 19.9 Å². The van der Waals surface area contributed by atoms with Crippen LogP contribution in [-0.2, 0) is 4.74 Å². The third kappa shape index (κ3) is 5.11. The zero-order valence-electron chi connectivity index (χ0n) is 10.8. The summed E-state index contributed by atoms with van der Waals surface area (Å²) >= 11 is 0. The molecular weight excluding hydrogens is 252 g/mol. The zero-order chi connectivity index (χ0) is 14.1. The molecule has 0 amide bonds. The largest absolute Gasteiger partial charge is 0.490 e. The van der Waals surface area contributed by atoms with Gasteiger partial charge in [-0.25, -0.2) is 0 Å². The first-order chi connectivity index (χ1) is 9.19. The number of hydrogen-bond donors (Lipinski definition) is 2. The normalized spacial score (nSPS) is 10.2. The van der Waals surface area contributed by atoms with E-state index in [2.05, 4.69) is 5.32 Å². The van der Waals surface area contributed by atoms with E-state index in [0.717, 1.165) is 12.1 Å². The molecule has 0 fully saturated rings. The van der Waals surface area contributed by atoms with Crippen molar-refractivity contribution in [3.63, 3.8) is 0 Å². The summed E-state index contributed by atoms with van der Waals surface area (Å²) in [6, 6.07) is 4.63. The van der Waals surface area contributed by atoms with Crippen LogP contribution >= 0.6 is 0 Å². The van der Waals surface area contributed by atoms with Crippen molar-refractivity contribution < 1.29 is 19.5 Å². The first-order valence-corrected chi connectivity index (χ1v) is 5.94. The number of methoxy groups -OCH3 is 1. The van der Waals surface area contributed by atoms with Crippen molar-refractivity contribution in [1.29, 1.82) is 0 Å². The molecule has 0 spiro atoms. The molecule has 0 saturated carbocycles. The number of aliphatic hydroxyl groups excluding tert-OH is 1. The third-order valence-electron chi connectivity index (χ3n) is 2.41. The number of ether oxygens (including phenoxy) is 2. The smallest absolute Gasteiger partial charge is 0.311 e. The summed E-state index contributed by atoms with van der Waals surface area (Å²) in [5.74, 6) is 0.228. The Balaban J connectivity index is 2.44. The molecule has 0 heterocycles. The first kappa shape index (κ1) is 15.2. The maximum absolute atomic E-state index is 10.7. The van der Waals surface area contributed by atoms with Gasteiger partial charge >= 0.3 is 5.69 Å². The summed E-state index contributed by atoms with van der Waals surface area (Å²) in [6.45, 7) is 1.59. The number of nitro benzene ring substituents is 1. The van der Waals surface area contributed by atoms with Crippen LogP contribution in [0.3, 0.4) is 0 Å². The Bertz CT molecular complexity index is 411. The minimum absolute atomic E-state index is 0.0208. The molecule has 1 aromatic rings. The number of benzene rings is 1. The van der Waals surface area contributed by atoms with Crippen LogP contribution in [0, 0.1) is 10.1 Å². The number of nitrogens with zero attached hydrogens (tertiary/aromatic N) is 1. The molecule has 0 bridgehead atoms. The number of rotatable bonds is 9. The Morgan fingerprint density at radius 1 is 1.42 bits per heavy atom. The molecule has 0 aliphatic rings. The van der Waals surface area contributed by atoms with Crippen molar-refractivity contribution >= 4 is 11.4 Å². The predicted octanol–water partition coefficient (Wildman–Crippen LogP) is 1.41. The highest BCUT2D eigenvalue weighted by molar-refractivity contribution is 5.57. The summed E-state index contributed by atoms with van der Waals surface area (Å²) in [4.78, 5) is 10.2. The van der Waals surface area contributed by atoms with E-state index < -0.39 is 4.92 Å². The van der Waals surface area contributed by atoms with Crippen LogP contribution in [0.25, 0.3) is 0 Å². The second-order valence-electron chi connectivity index (χ2n) is 3.76. The summed E-state index contributed by atoms with van der Waals surface area (Å²) in [7, 11) is 1.40. The number of nitro groups is 1. The van der Waals surface area contributed by atoms with Gasteiger partial charge in [-0.3, -0.25) is 10.1 Å². The Labute approximate surface area is 111 Å². The summed E-state index contributed by atoms with van der Waals surface area (Å²) < 4.78 is 10.1. The fourth-order valence-corrected chi connectivity index (χ4v) is 1.51. The fourth-order valence-electron chi connectivity index (χ4n) is 1.51. The van der Waals surface area contributed by atoms with Crippen LogP contribution in [0.2, 0.25) is 0 Å². The van der Waals surface area contributed by atoms with E-state index in [0.29, 0.717) is 19.8 Å². The van der Waals surface area contributed by atoms with E-state index in [-0.39, 0.29) is 18.0 Å². The molecule has 7 nitrogen and oxygen atoms in total. The summed E-state index contributed by atoms with van der Waals surface area (Å²) in [5, 5.41) is 22.4. The van der Waals surface area contributed by atoms with Crippen LogP contribution in [0.1, 0.15) is 6.42 Å². The molecule has 106 valence electrons. The van der Waals surface area contributed by atoms with E-state index in [9.17, 15) is 10.1 Å². The maximum Gasteiger partial charge on any atom is 0.311 e. The Hall–Kier alpha value is -1.86. The first-order valence-electron chi connectivity index (χ1n) is 5.94. The van der Waals surface area contributed by atoms with Crippen LogP contribution in [0.15, 0.2) is 18.2 Å². The lowest BCUT2D eigenvalue weighted by Gasteiger charge is -2.08. The molecule has 7 heteroatoms. The molecule has 2 N–H and O–H groups in total. The number of anilines is 1. The van der Waals surface area contributed by atoms with E-state index in [1.165, 1.54) is 13.2 Å². The summed E-state index contributed by atoms with van der Waals surface area (Å²) in [5.41, 5.74) is 0.698. The highest BCUT2D eigenvalue weighted by atomic mass is 16.6. The van der Waals surface area contributed by atoms with Crippen molar-refractivity contribution in [2.45, 2.75) is 6.42 Å². The van der Waals surface area contributed by atoms with Crippen molar-refractivity contribution in [1.82, 2.24) is 0 Å². The zero-order valence-corrected chi connectivity index (χ0v) is 10.8. The molecule has 0 atom stereocenters. The molecule has 0 unspecified atom stereocenters. The molecule has 1 rings (SSSR count). The van der Waals surface area contributed by atoms with Crippen LogP contribution < -0.4 is 10.1 Å². The van der Waals surface area contributed by atoms with Crippen molar-refractivity contribution in [2.24, 2.45) is 0 Å². The minimum atomic E-state index is -0.481. The van der Waals surface area contributed by atoms with Gasteiger partial charge in [0, 0.05) is 31.0 Å². The number of hydrogen-bond acceptors (Lipinski definition) is 6. The fraction of sp³-hybridized carbons (Fsp3) is 0.500.